The number of amides is 1. The number of rotatable bonds is 5. The monoisotopic (exact) mass is 397 g/mol. The minimum Gasteiger partial charge on any atom is -0.352 e. The van der Waals surface area contributed by atoms with Gasteiger partial charge in [0.25, 0.3) is 5.91 Å². The van der Waals surface area contributed by atoms with E-state index in [1.165, 1.54) is 0 Å². The molecule has 3 rings (SSSR count). The normalized spacial score (nSPS) is 19.1. The van der Waals surface area contributed by atoms with E-state index < -0.39 is 5.92 Å². The molecule has 0 heterocycles. The van der Waals surface area contributed by atoms with Crippen molar-refractivity contribution in [3.05, 3.63) is 69.2 Å². The van der Waals surface area contributed by atoms with Crippen LogP contribution in [0.25, 0.3) is 0 Å². The van der Waals surface area contributed by atoms with Crippen molar-refractivity contribution in [2.24, 2.45) is 5.92 Å². The summed E-state index contributed by atoms with van der Waals surface area (Å²) in [5.74, 6) is -1.31. The van der Waals surface area contributed by atoms with Crippen molar-refractivity contribution < 1.29 is 14.4 Å². The second-order valence-electron chi connectivity index (χ2n) is 7.57. The van der Waals surface area contributed by atoms with Gasteiger partial charge in [-0.3, -0.25) is 14.4 Å². The zero-order valence-electron chi connectivity index (χ0n) is 16.3. The highest BCUT2D eigenvalue weighted by Crippen LogP contribution is 2.37. The summed E-state index contributed by atoms with van der Waals surface area (Å²) >= 11 is 5.91. The van der Waals surface area contributed by atoms with Gasteiger partial charge in [-0.25, -0.2) is 0 Å². The molecule has 0 aromatic heterocycles. The third-order valence-corrected chi connectivity index (χ3v) is 5.58. The van der Waals surface area contributed by atoms with E-state index in [0.717, 1.165) is 22.3 Å². The van der Waals surface area contributed by atoms with Crippen molar-refractivity contribution in [3.8, 4) is 0 Å². The van der Waals surface area contributed by atoms with Gasteiger partial charge in [0.1, 0.15) is 11.7 Å². The van der Waals surface area contributed by atoms with Crippen LogP contribution in [0, 0.1) is 26.7 Å². The lowest BCUT2D eigenvalue weighted by Crippen LogP contribution is -2.27. The van der Waals surface area contributed by atoms with Gasteiger partial charge in [-0.2, -0.15) is 0 Å². The SMILES string of the molecule is Cc1cc(C)c(C2C(=O)CC(CCNC(=O)c3cccc(Cl)c3)C2=O)c(C)c1. The topological polar surface area (TPSA) is 63.2 Å². The third-order valence-electron chi connectivity index (χ3n) is 5.35. The average molecular weight is 398 g/mol. The maximum Gasteiger partial charge on any atom is 0.251 e. The van der Waals surface area contributed by atoms with Gasteiger partial charge in [0.15, 0.2) is 5.78 Å². The smallest absolute Gasteiger partial charge is 0.251 e. The summed E-state index contributed by atoms with van der Waals surface area (Å²) in [6.45, 7) is 6.25. The summed E-state index contributed by atoms with van der Waals surface area (Å²) in [5, 5.41) is 3.31. The van der Waals surface area contributed by atoms with Gasteiger partial charge < -0.3 is 5.32 Å². The van der Waals surface area contributed by atoms with Gasteiger partial charge in [0.05, 0.1) is 0 Å². The number of carbonyl (C=O) groups excluding carboxylic acids is 3. The highest BCUT2D eigenvalue weighted by Gasteiger charge is 2.42. The predicted molar refractivity (Wildman–Crippen MR) is 110 cm³/mol. The molecule has 1 fully saturated rings. The Kier molecular flexibility index (Phi) is 5.99. The Morgan fingerprint density at radius 2 is 1.79 bits per heavy atom. The molecule has 0 spiro atoms. The van der Waals surface area contributed by atoms with Crippen molar-refractivity contribution in [3.63, 3.8) is 0 Å². The van der Waals surface area contributed by atoms with Crippen molar-refractivity contribution >= 4 is 29.1 Å². The van der Waals surface area contributed by atoms with Crippen molar-refractivity contribution in [1.82, 2.24) is 5.32 Å². The molecule has 2 aromatic rings. The number of benzene rings is 2. The summed E-state index contributed by atoms with van der Waals surface area (Å²) in [7, 11) is 0. The van der Waals surface area contributed by atoms with Gasteiger partial charge >= 0.3 is 0 Å². The summed E-state index contributed by atoms with van der Waals surface area (Å²) < 4.78 is 0. The Morgan fingerprint density at radius 3 is 2.43 bits per heavy atom. The second-order valence-corrected chi connectivity index (χ2v) is 8.01. The Labute approximate surface area is 170 Å². The van der Waals surface area contributed by atoms with Crippen molar-refractivity contribution in [2.75, 3.05) is 6.54 Å². The number of carbonyl (C=O) groups is 3. The van der Waals surface area contributed by atoms with Gasteiger partial charge in [-0.05, 0) is 62.1 Å². The largest absolute Gasteiger partial charge is 0.352 e. The number of ketones is 2. The van der Waals surface area contributed by atoms with E-state index in [4.69, 9.17) is 11.6 Å². The van der Waals surface area contributed by atoms with Gasteiger partial charge in [0.2, 0.25) is 0 Å². The van der Waals surface area contributed by atoms with Gasteiger partial charge in [-0.1, -0.05) is 35.4 Å². The van der Waals surface area contributed by atoms with E-state index >= 15 is 0 Å². The molecular weight excluding hydrogens is 374 g/mol. The van der Waals surface area contributed by atoms with Crippen LogP contribution in [0.3, 0.4) is 0 Å². The predicted octanol–water partition coefficient (Wildman–Crippen LogP) is 4.33. The Balaban J connectivity index is 1.65. The van der Waals surface area contributed by atoms with Crippen LogP contribution in [-0.4, -0.2) is 24.0 Å². The highest BCUT2D eigenvalue weighted by atomic mass is 35.5. The molecule has 2 aromatic carbocycles. The second kappa shape index (κ2) is 8.27. The Bertz CT molecular complexity index is 928. The van der Waals surface area contributed by atoms with E-state index in [2.05, 4.69) is 5.32 Å². The maximum atomic E-state index is 12.9. The molecule has 2 atom stereocenters. The molecular formula is C23H24ClNO3. The average Bonchev–Trinajstić information content (AvgIpc) is 2.89. The number of hydrogen-bond acceptors (Lipinski definition) is 3. The first kappa shape index (κ1) is 20.3. The summed E-state index contributed by atoms with van der Waals surface area (Å²) in [5.41, 5.74) is 4.42. The lowest BCUT2D eigenvalue weighted by molar-refractivity contribution is -0.124. The lowest BCUT2D eigenvalue weighted by Gasteiger charge is -2.16. The van der Waals surface area contributed by atoms with Crippen LogP contribution in [-0.2, 0) is 9.59 Å². The molecule has 146 valence electrons. The maximum absolute atomic E-state index is 12.9. The van der Waals surface area contributed by atoms with E-state index in [9.17, 15) is 14.4 Å². The third kappa shape index (κ3) is 4.17. The summed E-state index contributed by atoms with van der Waals surface area (Å²) in [4.78, 5) is 37.8. The first-order valence-electron chi connectivity index (χ1n) is 9.46. The number of hydrogen-bond donors (Lipinski definition) is 1. The van der Waals surface area contributed by atoms with Crippen LogP contribution < -0.4 is 5.32 Å². The van der Waals surface area contributed by atoms with Crippen molar-refractivity contribution in [1.29, 1.82) is 0 Å². The number of aryl methyl sites for hydroxylation is 3. The standard InChI is InChI=1S/C23H24ClNO3/c1-13-9-14(2)20(15(3)10-13)21-19(26)12-16(22(21)27)7-8-25-23(28)17-5-4-6-18(24)11-17/h4-6,9-11,16,21H,7-8,12H2,1-3H3,(H,25,28). The van der Waals surface area contributed by atoms with Crippen LogP contribution in [0.1, 0.15) is 51.4 Å². The Hall–Kier alpha value is -2.46. The lowest BCUT2D eigenvalue weighted by atomic mass is 9.86. The molecule has 0 bridgehead atoms. The summed E-state index contributed by atoms with van der Waals surface area (Å²) in [6.07, 6.45) is 0.695. The van der Waals surface area contributed by atoms with Gasteiger partial charge in [-0.15, -0.1) is 0 Å². The zero-order valence-corrected chi connectivity index (χ0v) is 17.1. The summed E-state index contributed by atoms with van der Waals surface area (Å²) in [6, 6.07) is 10.7. The molecule has 1 aliphatic rings. The fourth-order valence-electron chi connectivity index (χ4n) is 4.14. The van der Waals surface area contributed by atoms with E-state index in [0.29, 0.717) is 23.6 Å². The van der Waals surface area contributed by atoms with Crippen LogP contribution >= 0.6 is 11.6 Å². The first-order valence-corrected chi connectivity index (χ1v) is 9.83. The van der Waals surface area contributed by atoms with Crippen LogP contribution in [0.2, 0.25) is 5.02 Å². The zero-order chi connectivity index (χ0) is 20.4. The molecule has 0 aliphatic heterocycles. The highest BCUT2D eigenvalue weighted by molar-refractivity contribution is 6.31. The first-order chi connectivity index (χ1) is 13.3. The van der Waals surface area contributed by atoms with E-state index in [-0.39, 0.29) is 29.8 Å². The molecule has 28 heavy (non-hydrogen) atoms. The van der Waals surface area contributed by atoms with Crippen LogP contribution in [0.5, 0.6) is 0 Å². The molecule has 2 unspecified atom stereocenters. The molecule has 4 nitrogen and oxygen atoms in total. The van der Waals surface area contributed by atoms with Crippen LogP contribution in [0.15, 0.2) is 36.4 Å². The minimum atomic E-state index is -0.672. The molecule has 5 heteroatoms. The molecule has 1 N–H and O–H groups in total. The molecule has 0 saturated heterocycles. The van der Waals surface area contributed by atoms with Crippen LogP contribution in [0.4, 0.5) is 0 Å². The molecule has 0 radical (unpaired) electrons. The molecule has 1 aliphatic carbocycles. The quantitative estimate of drug-likeness (QED) is 0.764. The molecule has 1 amide bonds. The number of Topliss-reactive ketones (excluding diaryl/α,β-unsaturated/α-hetero) is 2. The fraction of sp³-hybridized carbons (Fsp3) is 0.348. The number of halogens is 1. The van der Waals surface area contributed by atoms with Gasteiger partial charge in [0, 0.05) is 29.5 Å². The Morgan fingerprint density at radius 1 is 1.11 bits per heavy atom. The van der Waals surface area contributed by atoms with Crippen molar-refractivity contribution in [2.45, 2.75) is 39.5 Å². The minimum absolute atomic E-state index is 0.0220. The van der Waals surface area contributed by atoms with E-state index in [1.54, 1.807) is 24.3 Å². The number of nitrogens with one attached hydrogen (secondary N) is 1. The fourth-order valence-corrected chi connectivity index (χ4v) is 4.33. The van der Waals surface area contributed by atoms with E-state index in [1.807, 2.05) is 32.9 Å². The molecule has 1 saturated carbocycles.